The van der Waals surface area contributed by atoms with E-state index >= 15 is 0 Å². The molecule has 3 rings (SSSR count). The molecule has 7 N–H and O–H groups in total. The number of carbonyl (C=O) groups is 3. The first kappa shape index (κ1) is 21.8. The molecule has 0 saturated heterocycles. The van der Waals surface area contributed by atoms with Crippen LogP contribution in [0, 0.1) is 0 Å². The van der Waals surface area contributed by atoms with E-state index in [1.807, 2.05) is 0 Å². The minimum Gasteiger partial charge on any atom is -0.481 e. The molecule has 0 saturated carbocycles. The van der Waals surface area contributed by atoms with Crippen LogP contribution >= 0.6 is 0 Å². The first-order valence-corrected chi connectivity index (χ1v) is 9.72. The Morgan fingerprint density at radius 1 is 1.23 bits per heavy atom. The molecule has 0 radical (unpaired) electrons. The van der Waals surface area contributed by atoms with Crippen molar-refractivity contribution in [3.63, 3.8) is 0 Å². The van der Waals surface area contributed by atoms with Gasteiger partial charge in [-0.25, -0.2) is 4.79 Å². The van der Waals surface area contributed by atoms with Crippen molar-refractivity contribution in [2.24, 2.45) is 0 Å². The van der Waals surface area contributed by atoms with Gasteiger partial charge in [-0.3, -0.25) is 19.4 Å². The molecule has 2 unspecified atom stereocenters. The van der Waals surface area contributed by atoms with Gasteiger partial charge in [0.15, 0.2) is 0 Å². The summed E-state index contributed by atoms with van der Waals surface area (Å²) in [6.07, 6.45) is 0.787. The van der Waals surface area contributed by atoms with E-state index in [0.29, 0.717) is 30.8 Å². The first-order valence-electron chi connectivity index (χ1n) is 9.72. The van der Waals surface area contributed by atoms with Gasteiger partial charge < -0.3 is 26.6 Å². The number of nitrogens with zero attached hydrogens (tertiary/aromatic N) is 1. The third-order valence-electron chi connectivity index (χ3n) is 5.15. The molecule has 0 aliphatic carbocycles. The van der Waals surface area contributed by atoms with Crippen molar-refractivity contribution in [2.45, 2.75) is 37.6 Å². The van der Waals surface area contributed by atoms with Crippen molar-refractivity contribution in [3.8, 4) is 0 Å². The number of carboxylic acids is 2. The molecule has 0 bridgehead atoms. The molecule has 1 amide bonds. The van der Waals surface area contributed by atoms with Crippen LogP contribution in [0.25, 0.3) is 0 Å². The molecule has 2 aromatic rings. The number of rotatable bonds is 9. The monoisotopic (exact) mass is 429 g/mol. The standard InChI is InChI=1S/C20H23N5O6/c21-20-24-16-15(18(29)25-20)12(9-22-16)6-3-10-1-4-11(5-2-10)17(28)23-13(19(30)31)7-8-14(26)27/h1-2,4-5,12-13H,3,6-9H2,(H,23,28)(H,26,27)(H,30,31)(H4,21,22,24,25,29). The van der Waals surface area contributed by atoms with Crippen molar-refractivity contribution in [2.75, 3.05) is 17.6 Å². The minimum absolute atomic E-state index is 0.0135. The quantitative estimate of drug-likeness (QED) is 0.330. The Kier molecular flexibility index (Phi) is 6.53. The van der Waals surface area contributed by atoms with Gasteiger partial charge in [0, 0.05) is 24.4 Å². The van der Waals surface area contributed by atoms with E-state index in [9.17, 15) is 19.2 Å². The Bertz CT molecular complexity index is 1050. The van der Waals surface area contributed by atoms with Crippen LogP contribution in [-0.4, -0.2) is 50.6 Å². The number of hydrogen-bond acceptors (Lipinski definition) is 7. The Morgan fingerprint density at radius 3 is 2.58 bits per heavy atom. The maximum atomic E-state index is 12.3. The molecule has 0 spiro atoms. The van der Waals surface area contributed by atoms with Gasteiger partial charge in [-0.15, -0.1) is 0 Å². The summed E-state index contributed by atoms with van der Waals surface area (Å²) in [6, 6.07) is 5.40. The number of nitrogens with one attached hydrogen (secondary N) is 3. The number of anilines is 2. The molecule has 0 fully saturated rings. The number of aromatic amines is 1. The van der Waals surface area contributed by atoms with Crippen molar-refractivity contribution in [3.05, 3.63) is 51.3 Å². The van der Waals surface area contributed by atoms with E-state index in [1.54, 1.807) is 24.3 Å². The molecule has 1 aromatic carbocycles. The number of fused-ring (bicyclic) bond motifs is 1. The number of aromatic nitrogens is 2. The van der Waals surface area contributed by atoms with Crippen molar-refractivity contribution in [1.82, 2.24) is 15.3 Å². The number of aliphatic carboxylic acids is 2. The van der Waals surface area contributed by atoms with Gasteiger partial charge >= 0.3 is 11.9 Å². The predicted octanol–water partition coefficient (Wildman–Crippen LogP) is 0.542. The molecule has 2 heterocycles. The van der Waals surface area contributed by atoms with E-state index in [-0.39, 0.29) is 35.8 Å². The van der Waals surface area contributed by atoms with Gasteiger partial charge in [0.25, 0.3) is 11.5 Å². The largest absolute Gasteiger partial charge is 0.481 e. The van der Waals surface area contributed by atoms with E-state index in [4.69, 9.17) is 15.9 Å². The fraction of sp³-hybridized carbons (Fsp3) is 0.350. The Balaban J connectivity index is 1.58. The number of amides is 1. The van der Waals surface area contributed by atoms with Gasteiger partial charge in [0.2, 0.25) is 5.95 Å². The minimum atomic E-state index is -1.29. The lowest BCUT2D eigenvalue weighted by Gasteiger charge is -2.14. The summed E-state index contributed by atoms with van der Waals surface area (Å²) in [6.45, 7) is 0.586. The lowest BCUT2D eigenvalue weighted by Crippen LogP contribution is -2.41. The van der Waals surface area contributed by atoms with Crippen LogP contribution in [0.5, 0.6) is 0 Å². The maximum absolute atomic E-state index is 12.3. The molecular formula is C20H23N5O6. The summed E-state index contributed by atoms with van der Waals surface area (Å²) < 4.78 is 0. The number of nitrogen functional groups attached to an aromatic ring is 1. The SMILES string of the molecule is Nc1nc2c(c(=O)[nH]1)C(CCc1ccc(C(=O)NC(CCC(=O)O)C(=O)O)cc1)CN2. The van der Waals surface area contributed by atoms with Crippen LogP contribution in [-0.2, 0) is 16.0 Å². The van der Waals surface area contributed by atoms with Crippen molar-refractivity contribution in [1.29, 1.82) is 0 Å². The van der Waals surface area contributed by atoms with Crippen LogP contribution in [0.4, 0.5) is 11.8 Å². The highest BCUT2D eigenvalue weighted by Crippen LogP contribution is 2.30. The Labute approximate surface area is 176 Å². The van der Waals surface area contributed by atoms with Crippen LogP contribution in [0.15, 0.2) is 29.1 Å². The van der Waals surface area contributed by atoms with Crippen LogP contribution in [0.1, 0.15) is 46.7 Å². The molecule has 1 aromatic heterocycles. The summed E-state index contributed by atoms with van der Waals surface area (Å²) in [5.41, 5.74) is 7.12. The third kappa shape index (κ3) is 5.38. The second-order valence-corrected chi connectivity index (χ2v) is 7.32. The number of nitrogens with two attached hydrogens (primary N) is 1. The van der Waals surface area contributed by atoms with Crippen molar-refractivity contribution >= 4 is 29.6 Å². The zero-order valence-corrected chi connectivity index (χ0v) is 16.6. The average Bonchev–Trinajstić information content (AvgIpc) is 3.12. The van der Waals surface area contributed by atoms with E-state index in [2.05, 4.69) is 20.6 Å². The second kappa shape index (κ2) is 9.28. The fourth-order valence-electron chi connectivity index (χ4n) is 3.51. The summed E-state index contributed by atoms with van der Waals surface area (Å²) in [5.74, 6) is -2.45. The highest BCUT2D eigenvalue weighted by Gasteiger charge is 2.27. The van der Waals surface area contributed by atoms with Crippen molar-refractivity contribution < 1.29 is 24.6 Å². The number of carboxylic acid groups (broad SMARTS) is 2. The average molecular weight is 429 g/mol. The zero-order chi connectivity index (χ0) is 22.5. The molecule has 1 aliphatic heterocycles. The van der Waals surface area contributed by atoms with E-state index < -0.39 is 23.9 Å². The highest BCUT2D eigenvalue weighted by atomic mass is 16.4. The van der Waals surface area contributed by atoms with Gasteiger partial charge in [0.05, 0.1) is 5.56 Å². The smallest absolute Gasteiger partial charge is 0.326 e. The van der Waals surface area contributed by atoms with Gasteiger partial charge in [-0.05, 0) is 37.0 Å². The zero-order valence-electron chi connectivity index (χ0n) is 16.6. The van der Waals surface area contributed by atoms with E-state index in [0.717, 1.165) is 5.56 Å². The Morgan fingerprint density at radius 2 is 1.94 bits per heavy atom. The summed E-state index contributed by atoms with van der Waals surface area (Å²) in [5, 5.41) is 23.3. The van der Waals surface area contributed by atoms with Gasteiger partial charge in [0.1, 0.15) is 11.9 Å². The van der Waals surface area contributed by atoms with Gasteiger partial charge in [-0.2, -0.15) is 4.98 Å². The molecule has 11 nitrogen and oxygen atoms in total. The van der Waals surface area contributed by atoms with Crippen LogP contribution in [0.3, 0.4) is 0 Å². The van der Waals surface area contributed by atoms with E-state index in [1.165, 1.54) is 0 Å². The summed E-state index contributed by atoms with van der Waals surface area (Å²) in [4.78, 5) is 52.9. The molecule has 164 valence electrons. The molecule has 31 heavy (non-hydrogen) atoms. The van der Waals surface area contributed by atoms with Crippen LogP contribution in [0.2, 0.25) is 0 Å². The predicted molar refractivity (Wildman–Crippen MR) is 111 cm³/mol. The number of carbonyl (C=O) groups excluding carboxylic acids is 1. The van der Waals surface area contributed by atoms with Gasteiger partial charge in [-0.1, -0.05) is 12.1 Å². The normalized spacial score (nSPS) is 15.5. The number of hydrogen-bond donors (Lipinski definition) is 6. The maximum Gasteiger partial charge on any atom is 0.326 e. The molecule has 2 atom stereocenters. The topological polar surface area (TPSA) is 187 Å². The molecular weight excluding hydrogens is 406 g/mol. The lowest BCUT2D eigenvalue weighted by molar-refractivity contribution is -0.140. The molecule has 1 aliphatic rings. The molecule has 11 heteroatoms. The number of H-pyrrole nitrogens is 1. The third-order valence-corrected chi connectivity index (χ3v) is 5.15. The van der Waals surface area contributed by atoms with Crippen LogP contribution < -0.4 is 21.9 Å². The fourth-order valence-corrected chi connectivity index (χ4v) is 3.51. The highest BCUT2D eigenvalue weighted by molar-refractivity contribution is 5.96. The summed E-state index contributed by atoms with van der Waals surface area (Å²) >= 11 is 0. The first-order chi connectivity index (χ1) is 14.7. The summed E-state index contributed by atoms with van der Waals surface area (Å²) in [7, 11) is 0. The Hall–Kier alpha value is -3.89. The lowest BCUT2D eigenvalue weighted by atomic mass is 9.95. The second-order valence-electron chi connectivity index (χ2n) is 7.32. The number of aryl methyl sites for hydroxylation is 1. The number of benzene rings is 1.